The van der Waals surface area contributed by atoms with Gasteiger partial charge in [-0.05, 0) is 12.8 Å². The van der Waals surface area contributed by atoms with Crippen LogP contribution >= 0.6 is 11.8 Å². The number of fused-ring (bicyclic) bond motifs is 1. The first-order chi connectivity index (χ1) is 14.5. The number of nitrogens with one attached hydrogen (secondary N) is 3. The third-order valence-corrected chi connectivity index (χ3v) is 7.19. The first-order valence-corrected chi connectivity index (χ1v) is 12.6. The van der Waals surface area contributed by atoms with Crippen molar-refractivity contribution >= 4 is 34.0 Å². The number of carbonyl (C=O) groups is 2. The molecule has 2 aliphatic heterocycles. The molecule has 2 amide bonds. The van der Waals surface area contributed by atoms with Crippen molar-refractivity contribution in [3.63, 3.8) is 0 Å². The van der Waals surface area contributed by atoms with Gasteiger partial charge in [0.25, 0.3) is 0 Å². The molecule has 2 saturated heterocycles. The second-order valence-electron chi connectivity index (χ2n) is 7.87. The Kier molecular flexibility index (Phi) is 10.4. The molecule has 0 spiro atoms. The molecule has 0 aromatic heterocycles. The first kappa shape index (κ1) is 26.3. The highest BCUT2D eigenvalue weighted by molar-refractivity contribution is 8.00. The molecule has 12 nitrogen and oxygen atoms in total. The second-order valence-corrected chi connectivity index (χ2v) is 10.2. The van der Waals surface area contributed by atoms with Crippen molar-refractivity contribution in [1.82, 2.24) is 16.0 Å². The smallest absolute Gasteiger partial charge is 0.391 e. The van der Waals surface area contributed by atoms with Gasteiger partial charge in [0.2, 0.25) is 0 Å². The Bertz CT molecular complexity index is 710. The molecule has 6 atom stereocenters. The summed E-state index contributed by atoms with van der Waals surface area (Å²) < 4.78 is 33.4. The Hall–Kier alpha value is -1.00. The average Bonchev–Trinajstić information content (AvgIpc) is 3.22. The molecule has 0 radical (unpaired) electrons. The van der Waals surface area contributed by atoms with E-state index in [1.165, 1.54) is 0 Å². The molecule has 2 rings (SSSR count). The van der Waals surface area contributed by atoms with Crippen molar-refractivity contribution in [2.24, 2.45) is 5.73 Å². The van der Waals surface area contributed by atoms with Crippen LogP contribution in [0.25, 0.3) is 0 Å². The fourth-order valence-electron chi connectivity index (χ4n) is 3.60. The summed E-state index contributed by atoms with van der Waals surface area (Å²) in [6, 6.07) is -0.522. The highest BCUT2D eigenvalue weighted by Crippen LogP contribution is 2.33. The number of rotatable bonds is 15. The van der Waals surface area contributed by atoms with Gasteiger partial charge in [0.15, 0.2) is 0 Å². The molecule has 2 fully saturated rings. The number of carbonyl (C=O) groups excluding carboxylic acids is 2. The van der Waals surface area contributed by atoms with Gasteiger partial charge in [-0.3, -0.25) is 9.35 Å². The van der Waals surface area contributed by atoms with Crippen LogP contribution in [0.15, 0.2) is 0 Å². The zero-order valence-corrected chi connectivity index (χ0v) is 18.7. The minimum atomic E-state index is -4.66. The van der Waals surface area contributed by atoms with Gasteiger partial charge in [0.1, 0.15) is 5.78 Å². The number of aliphatic hydroxyl groups is 2. The quantitative estimate of drug-likeness (QED) is 0.0780. The summed E-state index contributed by atoms with van der Waals surface area (Å²) in [7, 11) is -4.66. The van der Waals surface area contributed by atoms with Gasteiger partial charge in [-0.25, -0.2) is 8.98 Å². The van der Waals surface area contributed by atoms with E-state index in [1.54, 1.807) is 0 Å². The van der Waals surface area contributed by atoms with Crippen LogP contribution in [-0.4, -0.2) is 96.0 Å². The van der Waals surface area contributed by atoms with Gasteiger partial charge in [-0.2, -0.15) is 20.2 Å². The van der Waals surface area contributed by atoms with Crippen molar-refractivity contribution < 1.29 is 37.0 Å². The molecule has 4 unspecified atom stereocenters. The Morgan fingerprint density at radius 1 is 1.32 bits per heavy atom. The van der Waals surface area contributed by atoms with Gasteiger partial charge in [-0.15, -0.1) is 0 Å². The second kappa shape index (κ2) is 12.3. The number of Topliss-reactive ketones (excluding diaryl/α,β-unsaturated/α-hetero) is 1. The maximum Gasteiger partial charge on any atom is 0.397 e. The summed E-state index contributed by atoms with van der Waals surface area (Å²) in [5.74, 6) is 0.934. The van der Waals surface area contributed by atoms with Crippen LogP contribution in [0.3, 0.4) is 0 Å². The molecule has 0 bridgehead atoms. The van der Waals surface area contributed by atoms with E-state index in [1.807, 2.05) is 11.8 Å². The Labute approximate surface area is 186 Å². The van der Waals surface area contributed by atoms with Crippen LogP contribution in [-0.2, 0) is 19.4 Å². The third kappa shape index (κ3) is 9.57. The highest BCUT2D eigenvalue weighted by atomic mass is 32.3. The van der Waals surface area contributed by atoms with Crippen LogP contribution < -0.4 is 21.7 Å². The lowest BCUT2D eigenvalue weighted by Gasteiger charge is -2.21. The van der Waals surface area contributed by atoms with Crippen LogP contribution in [0.4, 0.5) is 4.79 Å². The van der Waals surface area contributed by atoms with E-state index < -0.39 is 35.3 Å². The number of hydrogen-bond acceptors (Lipinski definition) is 10. The summed E-state index contributed by atoms with van der Waals surface area (Å²) in [6.45, 7) is -0.455. The van der Waals surface area contributed by atoms with Crippen molar-refractivity contribution in [3.8, 4) is 0 Å². The molecule has 31 heavy (non-hydrogen) atoms. The van der Waals surface area contributed by atoms with Gasteiger partial charge in [-0.1, -0.05) is 6.42 Å². The normalized spacial score (nSPS) is 26.1. The molecule has 0 aromatic carbocycles. The monoisotopic (exact) mass is 484 g/mol. The summed E-state index contributed by atoms with van der Waals surface area (Å²) in [6.07, 6.45) is 0.285. The molecule has 180 valence electrons. The minimum absolute atomic E-state index is 0.0241. The van der Waals surface area contributed by atoms with Crippen molar-refractivity contribution in [1.29, 1.82) is 0 Å². The minimum Gasteiger partial charge on any atom is -0.391 e. The van der Waals surface area contributed by atoms with Crippen LogP contribution in [0.1, 0.15) is 32.1 Å². The molecule has 0 aromatic rings. The topological polar surface area (TPSA) is 200 Å². The van der Waals surface area contributed by atoms with E-state index in [-0.39, 0.29) is 43.4 Å². The highest BCUT2D eigenvalue weighted by Gasteiger charge is 2.42. The number of hydrogen-bond donors (Lipinski definition) is 7. The summed E-state index contributed by atoms with van der Waals surface area (Å²) in [4.78, 5) is 23.4. The predicted molar refractivity (Wildman–Crippen MR) is 114 cm³/mol. The lowest BCUT2D eigenvalue weighted by atomic mass is 10.0. The molecule has 14 heteroatoms. The predicted octanol–water partition coefficient (Wildman–Crippen LogP) is -1.87. The van der Waals surface area contributed by atoms with E-state index in [4.69, 9.17) is 10.3 Å². The van der Waals surface area contributed by atoms with Crippen molar-refractivity contribution in [2.75, 3.05) is 25.4 Å². The van der Waals surface area contributed by atoms with E-state index in [0.717, 1.165) is 25.0 Å². The number of nitrogens with two attached hydrogens (primary N) is 1. The lowest BCUT2D eigenvalue weighted by molar-refractivity contribution is -0.118. The Balaban J connectivity index is 1.51. The van der Waals surface area contributed by atoms with E-state index in [9.17, 15) is 28.2 Å². The number of ketones is 1. The van der Waals surface area contributed by atoms with E-state index in [0.29, 0.717) is 11.7 Å². The molecule has 2 aliphatic rings. The van der Waals surface area contributed by atoms with Crippen LogP contribution in [0, 0.1) is 0 Å². The first-order valence-electron chi connectivity index (χ1n) is 10.2. The molecule has 2 heterocycles. The van der Waals surface area contributed by atoms with Gasteiger partial charge < -0.3 is 31.9 Å². The molecule has 0 aliphatic carbocycles. The van der Waals surface area contributed by atoms with Gasteiger partial charge in [0.05, 0.1) is 37.4 Å². The zero-order valence-electron chi connectivity index (χ0n) is 17.1. The summed E-state index contributed by atoms with van der Waals surface area (Å²) in [5, 5.41) is 28.6. The SMILES string of the molecule is NC(CNCC(=O)CCCCC1SC[C@@H]2NC(=O)N[C@H]12)C(O)CC(O)COS(=O)(=O)O. The lowest BCUT2D eigenvalue weighted by Crippen LogP contribution is -2.46. The third-order valence-electron chi connectivity index (χ3n) is 5.25. The summed E-state index contributed by atoms with van der Waals surface area (Å²) >= 11 is 1.84. The van der Waals surface area contributed by atoms with Crippen molar-refractivity contribution in [3.05, 3.63) is 0 Å². The number of thioether (sulfide) groups is 1. The average molecular weight is 485 g/mol. The van der Waals surface area contributed by atoms with E-state index >= 15 is 0 Å². The molecule has 0 saturated carbocycles. The number of unbranched alkanes of at least 4 members (excludes halogenated alkanes) is 1. The van der Waals surface area contributed by atoms with Crippen molar-refractivity contribution in [2.45, 2.75) is 67.7 Å². The largest absolute Gasteiger partial charge is 0.397 e. The fraction of sp³-hybridized carbons (Fsp3) is 0.882. The summed E-state index contributed by atoms with van der Waals surface area (Å²) in [5.41, 5.74) is 5.80. The maximum atomic E-state index is 12.0. The molecular weight excluding hydrogens is 452 g/mol. The maximum absolute atomic E-state index is 12.0. The number of aliphatic hydroxyl groups excluding tert-OH is 2. The fourth-order valence-corrected chi connectivity index (χ4v) is 5.47. The van der Waals surface area contributed by atoms with Crippen LogP contribution in [0.5, 0.6) is 0 Å². The number of amides is 2. The molecular formula is C17H32N4O8S2. The van der Waals surface area contributed by atoms with Gasteiger partial charge >= 0.3 is 16.4 Å². The Morgan fingerprint density at radius 3 is 2.77 bits per heavy atom. The van der Waals surface area contributed by atoms with Crippen LogP contribution in [0.2, 0.25) is 0 Å². The van der Waals surface area contributed by atoms with Gasteiger partial charge in [0, 0.05) is 36.4 Å². The standard InChI is InChI=1S/C17H32N4O8S2/c18-12(14(24)5-11(23)8-29-31(26,27)28)7-19-6-10(22)3-1-2-4-15-16-13(9-30-15)20-17(25)21-16/h11-16,19,23-24H,1-9,18H2,(H2,20,21,25)(H,26,27,28)/t11?,12?,13-,14?,15?,16-/m0/s1. The molecule has 8 N–H and O–H groups in total. The number of urea groups is 1. The van der Waals surface area contributed by atoms with E-state index in [2.05, 4.69) is 20.1 Å². The Morgan fingerprint density at radius 2 is 2.06 bits per heavy atom. The zero-order chi connectivity index (χ0) is 23.0.